The van der Waals surface area contributed by atoms with Crippen molar-refractivity contribution in [1.29, 1.82) is 0 Å². The van der Waals surface area contributed by atoms with Crippen LogP contribution >= 0.6 is 24.4 Å². The Morgan fingerprint density at radius 3 is 1.23 bits per heavy atom. The van der Waals surface area contributed by atoms with Crippen LogP contribution in [0.3, 0.4) is 0 Å². The first-order chi connectivity index (χ1) is 5.54. The van der Waals surface area contributed by atoms with Crippen molar-refractivity contribution in [2.24, 2.45) is 0 Å². The molecule has 0 amide bonds. The van der Waals surface area contributed by atoms with Gasteiger partial charge in [0.2, 0.25) is 0 Å². The smallest absolute Gasteiger partial charge is 0.514 e. The molecule has 0 unspecified atom stereocenters. The molecule has 81 valence electrons. The number of thiocarbonyl (C=S) groups is 2. The van der Waals surface area contributed by atoms with Crippen LogP contribution in [0.15, 0.2) is 0 Å². The number of rotatable bonds is 2. The largest absolute Gasteiger partial charge is 2.00 e. The fraction of sp³-hybridized carbons (Fsp3) is 0.667. The van der Waals surface area contributed by atoms with Crippen molar-refractivity contribution >= 4 is 58.5 Å². The van der Waals surface area contributed by atoms with E-state index in [1.807, 2.05) is 13.8 Å². The topological polar surface area (TPSA) is 18.5 Å². The first kappa shape index (κ1) is 19.3. The number of hydrogen-bond acceptors (Lipinski definition) is 6. The molecule has 0 aromatic carbocycles. The van der Waals surface area contributed by atoms with Crippen molar-refractivity contribution in [2.75, 3.05) is 13.2 Å². The van der Waals surface area contributed by atoms with Gasteiger partial charge in [0.15, 0.2) is 0 Å². The van der Waals surface area contributed by atoms with Gasteiger partial charge in [-0.1, -0.05) is 0 Å². The van der Waals surface area contributed by atoms with E-state index in [4.69, 9.17) is 0 Å². The average Bonchev–Trinajstić information content (AvgIpc) is 1.87. The Bertz CT molecular complexity index is 127. The van der Waals surface area contributed by atoms with Crippen LogP contribution in [0.25, 0.3) is 0 Å². The first-order valence-electron chi connectivity index (χ1n) is 3.22. The summed E-state index contributed by atoms with van der Waals surface area (Å²) >= 11 is 17.5. The van der Waals surface area contributed by atoms with Crippen LogP contribution in [0.5, 0.6) is 0 Å². The molecule has 0 fully saturated rings. The van der Waals surface area contributed by atoms with Crippen LogP contribution in [0.1, 0.15) is 13.8 Å². The summed E-state index contributed by atoms with van der Waals surface area (Å²) in [5, 5.41) is 0. The van der Waals surface area contributed by atoms with E-state index in [0.29, 0.717) is 13.2 Å². The summed E-state index contributed by atoms with van der Waals surface area (Å²) in [6.07, 6.45) is 0. The van der Waals surface area contributed by atoms with Crippen molar-refractivity contribution in [1.82, 2.24) is 0 Å². The Morgan fingerprint density at radius 2 is 1.23 bits per heavy atom. The van der Waals surface area contributed by atoms with Crippen molar-refractivity contribution in [3.05, 3.63) is 0 Å². The van der Waals surface area contributed by atoms with E-state index >= 15 is 0 Å². The summed E-state index contributed by atoms with van der Waals surface area (Å²) in [4.78, 5) is 0. The molecule has 2 nitrogen and oxygen atoms in total. The van der Waals surface area contributed by atoms with Gasteiger partial charge >= 0.3 is 17.1 Å². The molecule has 0 aliphatic rings. The van der Waals surface area contributed by atoms with E-state index in [2.05, 4.69) is 59.2 Å². The zero-order chi connectivity index (χ0) is 9.98. The maximum Gasteiger partial charge on any atom is 2.00 e. The Balaban J connectivity index is -0.000000143. The van der Waals surface area contributed by atoms with Crippen molar-refractivity contribution < 1.29 is 26.5 Å². The van der Waals surface area contributed by atoms with Gasteiger partial charge in [0.05, 0.1) is 13.2 Å². The maximum absolute atomic E-state index is 4.59. The minimum atomic E-state index is 0. The number of hydrogen-bond donors (Lipinski definition) is 0. The van der Waals surface area contributed by atoms with Gasteiger partial charge in [0.25, 0.3) is 0 Å². The normalized spacial score (nSPS) is 6.92. The zero-order valence-electron chi connectivity index (χ0n) is 7.17. The van der Waals surface area contributed by atoms with E-state index in [-0.39, 0.29) is 25.8 Å². The molecule has 13 heavy (non-hydrogen) atoms. The van der Waals surface area contributed by atoms with E-state index in [0.717, 1.165) is 0 Å². The minimum Gasteiger partial charge on any atom is -0.514 e. The van der Waals surface area contributed by atoms with Gasteiger partial charge in [-0.25, -0.2) is 0 Å². The molecule has 7 heteroatoms. The number of ether oxygens (including phenoxy) is 2. The minimum absolute atomic E-state index is 0. The summed E-state index contributed by atoms with van der Waals surface area (Å²) in [6.45, 7) is 4.86. The predicted molar refractivity (Wildman–Crippen MR) is 63.2 cm³/mol. The molecule has 0 spiro atoms. The first-order valence-corrected chi connectivity index (χ1v) is 4.85. The molecule has 0 aromatic heterocycles. The molecule has 0 aliphatic carbocycles. The molecule has 0 bridgehead atoms. The molecule has 0 heterocycles. The molecule has 0 saturated heterocycles. The molecule has 0 rings (SSSR count). The van der Waals surface area contributed by atoms with Crippen molar-refractivity contribution in [3.8, 4) is 0 Å². The summed E-state index contributed by atoms with van der Waals surface area (Å²) in [6, 6.07) is 0. The van der Waals surface area contributed by atoms with Crippen LogP contribution in [-0.4, -0.2) is 22.0 Å². The Hall–Kier alpha value is 0.739. The fourth-order valence-electron chi connectivity index (χ4n) is 0.236. The SMILES string of the molecule is CCOC(=S)[S-].CCOC(=S)[S-].[Cu+2]. The summed E-state index contributed by atoms with van der Waals surface area (Å²) in [5.74, 6) is 0. The van der Waals surface area contributed by atoms with E-state index in [9.17, 15) is 0 Å². The second-order valence-electron chi connectivity index (χ2n) is 1.37. The van der Waals surface area contributed by atoms with Crippen LogP contribution in [0, 0.1) is 0 Å². The molecule has 0 saturated carbocycles. The summed E-state index contributed by atoms with van der Waals surface area (Å²) in [5.41, 5.74) is 0. The molecule has 0 aromatic rings. The third-order valence-corrected chi connectivity index (χ3v) is 0.996. The Kier molecular flexibility index (Phi) is 22.6. The standard InChI is InChI=1S/2C3H6OS2.Cu/c2*1-2-4-3(5)6;/h2*2H2,1H3,(H,5,6);/q;;+2/p-2. The average molecular weight is 306 g/mol. The monoisotopic (exact) mass is 305 g/mol. The molecular formula is C6H10CuO2S4. The zero-order valence-corrected chi connectivity index (χ0v) is 11.4. The third-order valence-electron chi connectivity index (χ3n) is 0.524. The van der Waals surface area contributed by atoms with Crippen LogP contribution in [-0.2, 0) is 51.8 Å². The Morgan fingerprint density at radius 1 is 1.00 bits per heavy atom. The van der Waals surface area contributed by atoms with Crippen molar-refractivity contribution in [2.45, 2.75) is 13.8 Å². The van der Waals surface area contributed by atoms with Crippen LogP contribution < -0.4 is 0 Å². The predicted octanol–water partition coefficient (Wildman–Crippen LogP) is 1.71. The van der Waals surface area contributed by atoms with Crippen LogP contribution in [0.4, 0.5) is 0 Å². The van der Waals surface area contributed by atoms with Crippen LogP contribution in [0.2, 0.25) is 0 Å². The summed E-state index contributed by atoms with van der Waals surface area (Å²) < 4.78 is 9.59. The van der Waals surface area contributed by atoms with Gasteiger partial charge in [-0.05, 0) is 13.8 Å². The second kappa shape index (κ2) is 15.2. The second-order valence-corrected chi connectivity index (χ2v) is 3.37. The summed E-state index contributed by atoms with van der Waals surface area (Å²) in [7, 11) is 0. The van der Waals surface area contributed by atoms with Gasteiger partial charge in [-0.2, -0.15) is 0 Å². The van der Waals surface area contributed by atoms with E-state index in [1.54, 1.807) is 0 Å². The van der Waals surface area contributed by atoms with Gasteiger partial charge in [-0.15, -0.1) is 0 Å². The fourth-order valence-corrected chi connectivity index (χ4v) is 0.707. The quantitative estimate of drug-likeness (QED) is 0.436. The van der Waals surface area contributed by atoms with E-state index in [1.165, 1.54) is 0 Å². The van der Waals surface area contributed by atoms with Gasteiger partial charge in [-0.3, -0.25) is 0 Å². The van der Waals surface area contributed by atoms with Gasteiger partial charge in [0.1, 0.15) is 0 Å². The molecule has 0 N–H and O–H groups in total. The van der Waals surface area contributed by atoms with Crippen molar-refractivity contribution in [3.63, 3.8) is 0 Å². The molecule has 0 aliphatic heterocycles. The maximum atomic E-state index is 4.59. The van der Waals surface area contributed by atoms with E-state index < -0.39 is 0 Å². The molecule has 1 radical (unpaired) electrons. The Labute approximate surface area is 111 Å². The van der Waals surface area contributed by atoms with Gasteiger partial charge in [0, 0.05) is 8.77 Å². The third kappa shape index (κ3) is 32.3. The van der Waals surface area contributed by atoms with Gasteiger partial charge < -0.3 is 59.2 Å². The molecular weight excluding hydrogens is 296 g/mol. The molecule has 0 atom stereocenters.